The predicted octanol–water partition coefficient (Wildman–Crippen LogP) is 3.57. The molecule has 3 heteroatoms. The second-order valence-electron chi connectivity index (χ2n) is 2.12. The van der Waals surface area contributed by atoms with Crippen molar-refractivity contribution in [2.24, 2.45) is 0 Å². The Labute approximate surface area is 111 Å². The summed E-state index contributed by atoms with van der Waals surface area (Å²) < 4.78 is 0. The van der Waals surface area contributed by atoms with Gasteiger partial charge in [0.25, 0.3) is 0 Å². The molecule has 0 spiro atoms. The fourth-order valence-corrected chi connectivity index (χ4v) is 1.06. The minimum absolute atomic E-state index is 0. The van der Waals surface area contributed by atoms with Gasteiger partial charge in [0.05, 0.1) is 0 Å². The molecule has 0 aromatic carbocycles. The fraction of sp³-hybridized carbons (Fsp3) is 1.00. The Morgan fingerprint density at radius 2 is 0.556 bits per heavy atom. The summed E-state index contributed by atoms with van der Waals surface area (Å²) in [6.45, 7) is 0. The molecule has 0 heterocycles. The normalized spacial score (nSPS) is 16.0. The number of hydrogen-bond acceptors (Lipinski definition) is 0. The van der Waals surface area contributed by atoms with Crippen molar-refractivity contribution < 1.29 is 25.8 Å². The zero-order valence-corrected chi connectivity index (χ0v) is 13.8. The van der Waals surface area contributed by atoms with Gasteiger partial charge in [0.2, 0.25) is 0 Å². The number of hydrogen-bond donors (Lipinski definition) is 0. The maximum Gasteiger partial charge on any atom is 0 e. The van der Waals surface area contributed by atoms with Crippen LogP contribution in [0.15, 0.2) is 0 Å². The monoisotopic (exact) mass is 520 g/mol. The van der Waals surface area contributed by atoms with E-state index >= 15 is 0 Å². The first-order valence-corrected chi connectivity index (χ1v) is 3.00. The van der Waals surface area contributed by atoms with Crippen molar-refractivity contribution >= 4 is 48.0 Å². The first kappa shape index (κ1) is 17.4. The molecule has 0 amide bonds. The Morgan fingerprint density at radius 1 is 0.444 bits per heavy atom. The molecule has 0 radical (unpaired) electrons. The van der Waals surface area contributed by atoms with Crippen molar-refractivity contribution in [2.75, 3.05) is 0 Å². The van der Waals surface area contributed by atoms with E-state index in [0.717, 1.165) is 0 Å². The van der Waals surface area contributed by atoms with Gasteiger partial charge in [0.15, 0.2) is 0 Å². The van der Waals surface area contributed by atoms with Gasteiger partial charge in [-0.15, -0.1) is 48.0 Å². The molecule has 1 aliphatic carbocycles. The quantitative estimate of drug-likeness (QED) is 0.340. The van der Waals surface area contributed by atoms with Crippen molar-refractivity contribution in [1.29, 1.82) is 0 Å². The van der Waals surface area contributed by atoms with Crippen molar-refractivity contribution in [3.05, 3.63) is 0 Å². The minimum atomic E-state index is 0. The molecule has 0 N–H and O–H groups in total. The standard InChI is InChI=1S/C6H12.Hf.2HI/c1-2-4-6-5-3-1;;;/h1-6H2;;2*1H. The largest absolute Gasteiger partial charge is 0.107 e. The zero-order valence-electron chi connectivity index (χ0n) is 5.56. The van der Waals surface area contributed by atoms with Gasteiger partial charge >= 0.3 is 0 Å². The Balaban J connectivity index is -0.000000120. The molecule has 0 aromatic rings. The number of rotatable bonds is 0. The van der Waals surface area contributed by atoms with Crippen molar-refractivity contribution in [2.45, 2.75) is 38.5 Å². The van der Waals surface area contributed by atoms with Crippen LogP contribution in [-0.4, -0.2) is 0 Å². The Morgan fingerprint density at radius 3 is 0.667 bits per heavy atom. The van der Waals surface area contributed by atoms with Crippen LogP contribution in [0.4, 0.5) is 0 Å². The molecule has 0 atom stereocenters. The van der Waals surface area contributed by atoms with E-state index in [1.165, 1.54) is 38.5 Å². The van der Waals surface area contributed by atoms with E-state index in [4.69, 9.17) is 0 Å². The zero-order chi connectivity index (χ0) is 4.24. The first-order valence-electron chi connectivity index (χ1n) is 3.00. The summed E-state index contributed by atoms with van der Waals surface area (Å²) in [5.41, 5.74) is 0. The van der Waals surface area contributed by atoms with Crippen LogP contribution >= 0.6 is 48.0 Å². The van der Waals surface area contributed by atoms with Crippen LogP contribution in [0.3, 0.4) is 0 Å². The molecule has 9 heavy (non-hydrogen) atoms. The third-order valence-electron chi connectivity index (χ3n) is 1.50. The molecule has 0 unspecified atom stereocenters. The average molecular weight is 518 g/mol. The Hall–Kier alpha value is 2.33. The van der Waals surface area contributed by atoms with Gasteiger partial charge in [0.1, 0.15) is 0 Å². The molecule has 1 fully saturated rings. The topological polar surface area (TPSA) is 0 Å². The molecule has 0 bridgehead atoms. The first-order chi connectivity index (χ1) is 3.00. The third-order valence-corrected chi connectivity index (χ3v) is 1.50. The van der Waals surface area contributed by atoms with Gasteiger partial charge < -0.3 is 0 Å². The van der Waals surface area contributed by atoms with E-state index in [1.54, 1.807) is 0 Å². The molecule has 0 nitrogen and oxygen atoms in total. The fourth-order valence-electron chi connectivity index (χ4n) is 1.06. The molecular weight excluding hydrogens is 504 g/mol. The van der Waals surface area contributed by atoms with Crippen molar-refractivity contribution in [3.63, 3.8) is 0 Å². The SMILES string of the molecule is C1CCCCC1.I.I.[Hf]. The summed E-state index contributed by atoms with van der Waals surface area (Å²) in [4.78, 5) is 0. The molecular formula is C6H14HfI2. The van der Waals surface area contributed by atoms with E-state index in [-0.39, 0.29) is 73.8 Å². The number of halogens is 2. The average Bonchev–Trinajstić information content (AvgIpc) is 1.72. The molecule has 0 saturated heterocycles. The van der Waals surface area contributed by atoms with Crippen LogP contribution in [0.25, 0.3) is 0 Å². The third kappa shape index (κ3) is 10.3. The van der Waals surface area contributed by atoms with Gasteiger partial charge in [-0.05, 0) is 0 Å². The summed E-state index contributed by atoms with van der Waals surface area (Å²) >= 11 is 0. The van der Waals surface area contributed by atoms with Gasteiger partial charge in [0, 0.05) is 25.8 Å². The van der Waals surface area contributed by atoms with Crippen LogP contribution in [0.5, 0.6) is 0 Å². The maximum atomic E-state index is 1.50. The minimum Gasteiger partial charge on any atom is -0.107 e. The second-order valence-corrected chi connectivity index (χ2v) is 2.12. The summed E-state index contributed by atoms with van der Waals surface area (Å²) in [5, 5.41) is 0. The molecule has 0 aliphatic heterocycles. The summed E-state index contributed by atoms with van der Waals surface area (Å²) in [6.07, 6.45) is 9.00. The van der Waals surface area contributed by atoms with E-state index in [9.17, 15) is 0 Å². The molecule has 1 rings (SSSR count). The molecule has 56 valence electrons. The van der Waals surface area contributed by atoms with Crippen LogP contribution in [0.2, 0.25) is 0 Å². The van der Waals surface area contributed by atoms with Crippen LogP contribution in [0.1, 0.15) is 38.5 Å². The summed E-state index contributed by atoms with van der Waals surface area (Å²) in [5.74, 6) is 0. The van der Waals surface area contributed by atoms with Crippen molar-refractivity contribution in [1.82, 2.24) is 0 Å². The Bertz CT molecular complexity index is 26.5. The van der Waals surface area contributed by atoms with Gasteiger partial charge in [-0.3, -0.25) is 0 Å². The van der Waals surface area contributed by atoms with E-state index in [0.29, 0.717) is 0 Å². The smallest absolute Gasteiger partial charge is 0 e. The maximum absolute atomic E-state index is 1.50. The van der Waals surface area contributed by atoms with Crippen LogP contribution < -0.4 is 0 Å². The van der Waals surface area contributed by atoms with Crippen LogP contribution in [-0.2, 0) is 25.8 Å². The van der Waals surface area contributed by atoms with E-state index in [2.05, 4.69) is 0 Å². The van der Waals surface area contributed by atoms with E-state index in [1.807, 2.05) is 0 Å². The predicted molar refractivity (Wildman–Crippen MR) is 58.5 cm³/mol. The van der Waals surface area contributed by atoms with Gasteiger partial charge in [-0.25, -0.2) is 0 Å². The van der Waals surface area contributed by atoms with Crippen molar-refractivity contribution in [3.8, 4) is 0 Å². The van der Waals surface area contributed by atoms with Gasteiger partial charge in [-0.1, -0.05) is 38.5 Å². The second kappa shape index (κ2) is 13.0. The summed E-state index contributed by atoms with van der Waals surface area (Å²) in [6, 6.07) is 0. The Kier molecular flexibility index (Phi) is 25.1. The van der Waals surface area contributed by atoms with Gasteiger partial charge in [-0.2, -0.15) is 0 Å². The summed E-state index contributed by atoms with van der Waals surface area (Å²) in [7, 11) is 0. The molecule has 1 saturated carbocycles. The molecule has 0 aromatic heterocycles. The molecule has 1 aliphatic rings. The van der Waals surface area contributed by atoms with E-state index < -0.39 is 0 Å². The van der Waals surface area contributed by atoms with Crippen LogP contribution in [0, 0.1) is 0 Å².